The second kappa shape index (κ2) is 29.2. The van der Waals surface area contributed by atoms with Crippen LogP contribution in [0.15, 0.2) is 24.3 Å². The van der Waals surface area contributed by atoms with Crippen LogP contribution >= 0.6 is 0 Å². The summed E-state index contributed by atoms with van der Waals surface area (Å²) in [7, 11) is 2.27. The summed E-state index contributed by atoms with van der Waals surface area (Å²) < 4.78 is 17.1. The molecular formula is C51H91NO6. The molecule has 0 radical (unpaired) electrons. The molecule has 0 spiro atoms. The van der Waals surface area contributed by atoms with Crippen molar-refractivity contribution in [2.24, 2.45) is 22.2 Å². The van der Waals surface area contributed by atoms with E-state index in [4.69, 9.17) is 14.2 Å². The lowest BCUT2D eigenvalue weighted by molar-refractivity contribution is -0.162. The Kier molecular flexibility index (Phi) is 26.1. The number of unbranched alkanes of at least 4 members (excludes halogenated alkanes) is 16. The zero-order valence-corrected chi connectivity index (χ0v) is 39.2. The van der Waals surface area contributed by atoms with Crippen LogP contribution in [0.25, 0.3) is 0 Å². The average Bonchev–Trinajstić information content (AvgIpc) is 3.69. The van der Waals surface area contributed by atoms with E-state index in [0.717, 1.165) is 109 Å². The van der Waals surface area contributed by atoms with Crippen LogP contribution in [0.3, 0.4) is 0 Å². The molecule has 0 aromatic rings. The molecule has 2 rings (SSSR count). The summed E-state index contributed by atoms with van der Waals surface area (Å²) in [4.78, 5) is 40.7. The van der Waals surface area contributed by atoms with Gasteiger partial charge in [-0.3, -0.25) is 14.4 Å². The second-order valence-corrected chi connectivity index (χ2v) is 19.9. The molecule has 0 aromatic carbocycles. The van der Waals surface area contributed by atoms with Crippen molar-refractivity contribution < 1.29 is 28.6 Å². The maximum Gasteiger partial charge on any atom is 0.311 e. The lowest BCUT2D eigenvalue weighted by Crippen LogP contribution is -2.49. The van der Waals surface area contributed by atoms with Gasteiger partial charge in [-0.05, 0) is 121 Å². The largest absolute Gasteiger partial charge is 0.462 e. The molecule has 2 aliphatic rings. The number of hydrogen-bond acceptors (Lipinski definition) is 7. The molecule has 3 unspecified atom stereocenters. The first kappa shape index (κ1) is 52.0. The summed E-state index contributed by atoms with van der Waals surface area (Å²) in [5.41, 5.74) is -0.0391. The number of ether oxygens (including phenoxy) is 3. The second-order valence-electron chi connectivity index (χ2n) is 19.9. The highest BCUT2D eigenvalue weighted by Gasteiger charge is 2.65. The van der Waals surface area contributed by atoms with Gasteiger partial charge in [-0.25, -0.2) is 0 Å². The zero-order chi connectivity index (χ0) is 42.7. The van der Waals surface area contributed by atoms with Gasteiger partial charge in [0.15, 0.2) is 0 Å². The minimum absolute atomic E-state index is 0.00286. The van der Waals surface area contributed by atoms with Gasteiger partial charge >= 0.3 is 17.9 Å². The molecule has 0 bridgehead atoms. The van der Waals surface area contributed by atoms with Gasteiger partial charge in [0, 0.05) is 25.4 Å². The monoisotopic (exact) mass is 814 g/mol. The first-order valence-corrected chi connectivity index (χ1v) is 24.3. The molecule has 2 aliphatic carbocycles. The number of hydrogen-bond donors (Lipinski definition) is 0. The van der Waals surface area contributed by atoms with E-state index < -0.39 is 5.41 Å². The van der Waals surface area contributed by atoms with Crippen molar-refractivity contribution >= 4 is 17.9 Å². The summed E-state index contributed by atoms with van der Waals surface area (Å²) in [6, 6.07) is 0.674. The molecule has 0 N–H and O–H groups in total. The Morgan fingerprint density at radius 3 is 1.59 bits per heavy atom. The highest BCUT2D eigenvalue weighted by Crippen LogP contribution is 2.68. The Balaban J connectivity index is 1.72. The first-order valence-electron chi connectivity index (χ1n) is 24.3. The van der Waals surface area contributed by atoms with Crippen LogP contribution in [0.4, 0.5) is 0 Å². The van der Waals surface area contributed by atoms with Gasteiger partial charge in [0.25, 0.3) is 0 Å². The summed E-state index contributed by atoms with van der Waals surface area (Å²) in [6.45, 7) is 17.4. The molecule has 7 heteroatoms. The Labute approximate surface area is 357 Å². The number of allylic oxidation sites excluding steroid dienone is 2. The van der Waals surface area contributed by atoms with Crippen molar-refractivity contribution in [1.29, 1.82) is 0 Å². The van der Waals surface area contributed by atoms with E-state index in [-0.39, 0.29) is 29.4 Å². The van der Waals surface area contributed by atoms with E-state index in [1.807, 2.05) is 12.2 Å². The maximum atomic E-state index is 13.8. The van der Waals surface area contributed by atoms with Gasteiger partial charge in [-0.2, -0.15) is 0 Å². The molecule has 0 heterocycles. The van der Waals surface area contributed by atoms with Crippen LogP contribution < -0.4 is 0 Å². The van der Waals surface area contributed by atoms with E-state index >= 15 is 0 Å². The van der Waals surface area contributed by atoms with Gasteiger partial charge in [0.1, 0.15) is 19.3 Å². The molecule has 0 aliphatic heterocycles. The van der Waals surface area contributed by atoms with Crippen molar-refractivity contribution in [2.75, 3.05) is 26.8 Å². The molecule has 7 nitrogen and oxygen atoms in total. The number of carbonyl (C=O) groups is 3. The maximum absolute atomic E-state index is 13.8. The molecular weight excluding hydrogens is 723 g/mol. The zero-order valence-electron chi connectivity index (χ0n) is 39.2. The molecule has 336 valence electrons. The fraction of sp³-hybridized carbons (Fsp3) is 0.863. The van der Waals surface area contributed by atoms with Crippen molar-refractivity contribution in [3.63, 3.8) is 0 Å². The van der Waals surface area contributed by atoms with E-state index in [0.29, 0.717) is 37.5 Å². The van der Waals surface area contributed by atoms with Crippen molar-refractivity contribution in [2.45, 2.75) is 234 Å². The first-order chi connectivity index (χ1) is 27.7. The molecule has 0 amide bonds. The summed E-state index contributed by atoms with van der Waals surface area (Å²) in [5, 5.41) is 0. The number of carbonyl (C=O) groups excluding carboxylic acids is 3. The van der Waals surface area contributed by atoms with E-state index in [1.54, 1.807) is 0 Å². The minimum Gasteiger partial charge on any atom is -0.462 e. The molecule has 3 atom stereocenters. The molecule has 2 saturated carbocycles. The number of fused-ring (bicyclic) bond motifs is 1. The molecule has 0 saturated heterocycles. The minimum atomic E-state index is -0.563. The Bertz CT molecular complexity index is 1140. The average molecular weight is 814 g/mol. The highest BCUT2D eigenvalue weighted by atomic mass is 16.5. The smallest absolute Gasteiger partial charge is 0.311 e. The highest BCUT2D eigenvalue weighted by molar-refractivity contribution is 5.76. The van der Waals surface area contributed by atoms with Crippen LogP contribution in [-0.4, -0.2) is 61.8 Å². The van der Waals surface area contributed by atoms with Crippen LogP contribution in [0, 0.1) is 22.2 Å². The van der Waals surface area contributed by atoms with E-state index in [1.165, 1.54) is 64.2 Å². The van der Waals surface area contributed by atoms with E-state index in [9.17, 15) is 14.4 Å². The van der Waals surface area contributed by atoms with Crippen LogP contribution in [0.5, 0.6) is 0 Å². The Hall–Kier alpha value is -2.15. The molecule has 2 fully saturated rings. The fourth-order valence-corrected chi connectivity index (χ4v) is 9.50. The van der Waals surface area contributed by atoms with Gasteiger partial charge in [0.2, 0.25) is 0 Å². The normalized spacial score (nSPS) is 19.2. The van der Waals surface area contributed by atoms with Crippen LogP contribution in [-0.2, 0) is 28.6 Å². The number of esters is 3. The molecule has 0 aromatic heterocycles. The van der Waals surface area contributed by atoms with Crippen LogP contribution in [0.1, 0.15) is 222 Å². The number of rotatable bonds is 37. The Morgan fingerprint density at radius 2 is 1.14 bits per heavy atom. The third-order valence-electron chi connectivity index (χ3n) is 13.0. The third-order valence-corrected chi connectivity index (χ3v) is 13.0. The van der Waals surface area contributed by atoms with Gasteiger partial charge in [-0.15, -0.1) is 0 Å². The fourth-order valence-electron chi connectivity index (χ4n) is 9.50. The van der Waals surface area contributed by atoms with Crippen molar-refractivity contribution in [3.05, 3.63) is 24.3 Å². The van der Waals surface area contributed by atoms with Gasteiger partial charge < -0.3 is 19.1 Å². The quantitative estimate of drug-likeness (QED) is 0.0267. The van der Waals surface area contributed by atoms with Crippen LogP contribution in [0.2, 0.25) is 0 Å². The Morgan fingerprint density at radius 1 is 0.672 bits per heavy atom. The summed E-state index contributed by atoms with van der Waals surface area (Å²) in [6.07, 6.45) is 36.4. The lowest BCUT2D eigenvalue weighted by Gasteiger charge is -2.45. The van der Waals surface area contributed by atoms with Gasteiger partial charge in [-0.1, -0.05) is 136 Å². The standard InChI is InChI=1S/C51H91NO6/c1-9-11-13-15-17-25-31-37-56-46(53)35-29-23-19-21-27-33-44(34-28-22-20-24-30-36-47(54)57-38-32-26-18-16-14-12-10-2)58-48(55)50(5,6)41-49(3,4)42-52(8)45-39-43-40-51(43,45)7/h25-26,31-32,43-45H,9-24,27-30,33-42H2,1-8H3/b31-25-,32-26-. The summed E-state index contributed by atoms with van der Waals surface area (Å²) in [5.74, 6) is 0.652. The van der Waals surface area contributed by atoms with Crippen molar-refractivity contribution in [1.82, 2.24) is 4.90 Å². The topological polar surface area (TPSA) is 82.1 Å². The third kappa shape index (κ3) is 22.5. The lowest BCUT2D eigenvalue weighted by atomic mass is 9.73. The molecule has 58 heavy (non-hydrogen) atoms. The SMILES string of the molecule is CCCCCC/C=C\COC(=O)CCCCCCCC(CCCCCCCC(=O)OC/C=C\CCCCCC)OC(=O)C(C)(C)CC(C)(C)CN(C)C1CC2CC21C. The van der Waals surface area contributed by atoms with Gasteiger partial charge in [0.05, 0.1) is 5.41 Å². The summed E-state index contributed by atoms with van der Waals surface area (Å²) >= 11 is 0. The predicted octanol–water partition coefficient (Wildman–Crippen LogP) is 13.7. The predicted molar refractivity (Wildman–Crippen MR) is 242 cm³/mol. The van der Waals surface area contributed by atoms with E-state index in [2.05, 4.69) is 72.6 Å². The number of nitrogens with zero attached hydrogens (tertiary/aromatic N) is 1. The van der Waals surface area contributed by atoms with Crippen molar-refractivity contribution in [3.8, 4) is 0 Å².